The summed E-state index contributed by atoms with van der Waals surface area (Å²) >= 11 is 0. The summed E-state index contributed by atoms with van der Waals surface area (Å²) in [5.74, 6) is -1.29. The quantitative estimate of drug-likeness (QED) is 0.669. The smallest absolute Gasteiger partial charge is 0.335 e. The Labute approximate surface area is 90.5 Å². The molecule has 1 fully saturated rings. The second-order valence-electron chi connectivity index (χ2n) is 3.28. The Bertz CT molecular complexity index is 463. The van der Waals surface area contributed by atoms with Crippen molar-refractivity contribution in [3.05, 3.63) is 24.3 Å². The zero-order valence-electron chi connectivity index (χ0n) is 8.14. The van der Waals surface area contributed by atoms with Gasteiger partial charge in [-0.3, -0.25) is 14.9 Å². The maximum absolute atomic E-state index is 11.5. The van der Waals surface area contributed by atoms with E-state index >= 15 is 0 Å². The number of carbonyl (C=O) groups excluding carboxylic acids is 3. The lowest BCUT2D eigenvalue weighted by Gasteiger charge is -2.24. The summed E-state index contributed by atoms with van der Waals surface area (Å²) in [6.45, 7) is 0. The van der Waals surface area contributed by atoms with Crippen LogP contribution in [0.4, 0.5) is 10.5 Å². The van der Waals surface area contributed by atoms with Crippen LogP contribution in [0.1, 0.15) is 6.42 Å². The van der Waals surface area contributed by atoms with Crippen LogP contribution in [0.25, 0.3) is 0 Å². The van der Waals surface area contributed by atoms with Gasteiger partial charge in [0.1, 0.15) is 12.2 Å². The van der Waals surface area contributed by atoms with Gasteiger partial charge in [0.15, 0.2) is 0 Å². The number of urea groups is 1. The van der Waals surface area contributed by atoms with E-state index in [1.54, 1.807) is 0 Å². The van der Waals surface area contributed by atoms with E-state index in [0.29, 0.717) is 0 Å². The van der Waals surface area contributed by atoms with E-state index < -0.39 is 17.8 Å². The van der Waals surface area contributed by atoms with Gasteiger partial charge in [-0.05, 0) is 12.1 Å². The predicted octanol–water partition coefficient (Wildman–Crippen LogP) is 0.365. The second-order valence-corrected chi connectivity index (χ2v) is 3.28. The van der Waals surface area contributed by atoms with Crippen molar-refractivity contribution in [1.29, 1.82) is 0 Å². The van der Waals surface area contributed by atoms with E-state index in [0.717, 1.165) is 4.90 Å². The molecule has 0 aromatic heterocycles. The zero-order chi connectivity index (χ0) is 11.7. The fourth-order valence-electron chi connectivity index (χ4n) is 1.44. The number of nitrogens with zero attached hydrogens (tertiary/aromatic N) is 1. The number of carbonyl (C=O) groups is 3. The Hall–Kier alpha value is -2.37. The summed E-state index contributed by atoms with van der Waals surface area (Å²) in [6.07, 6.45) is -0.374. The number of aromatic hydroxyl groups is 1. The third-order valence-corrected chi connectivity index (χ3v) is 2.10. The van der Waals surface area contributed by atoms with Gasteiger partial charge in [-0.2, -0.15) is 0 Å². The minimum absolute atomic E-state index is 0.0602. The van der Waals surface area contributed by atoms with Crippen LogP contribution in [0, 0.1) is 0 Å². The standard InChI is InChI=1S/C10H8N2O4/c13-7-3-1-2-6(4-7)12-9(15)5-8(14)11-10(12)16/h1-4,13H,5H2,(H,11,14,16). The maximum atomic E-state index is 11.5. The Morgan fingerprint density at radius 1 is 1.25 bits per heavy atom. The molecule has 0 bridgehead atoms. The fourth-order valence-corrected chi connectivity index (χ4v) is 1.44. The zero-order valence-corrected chi connectivity index (χ0v) is 8.14. The summed E-state index contributed by atoms with van der Waals surface area (Å²) < 4.78 is 0. The number of anilines is 1. The molecule has 1 aromatic rings. The first-order chi connectivity index (χ1) is 7.58. The van der Waals surface area contributed by atoms with Crippen molar-refractivity contribution in [2.75, 3.05) is 4.90 Å². The van der Waals surface area contributed by atoms with Gasteiger partial charge in [0.05, 0.1) is 5.69 Å². The van der Waals surface area contributed by atoms with E-state index in [4.69, 9.17) is 0 Å². The normalized spacial score (nSPS) is 16.2. The number of nitrogens with one attached hydrogen (secondary N) is 1. The van der Waals surface area contributed by atoms with Crippen molar-refractivity contribution in [3.63, 3.8) is 0 Å². The first kappa shape index (κ1) is 10.2. The van der Waals surface area contributed by atoms with Crippen molar-refractivity contribution in [2.45, 2.75) is 6.42 Å². The summed E-state index contributed by atoms with van der Waals surface area (Å²) in [5.41, 5.74) is 0.231. The minimum atomic E-state index is -0.799. The van der Waals surface area contributed by atoms with Crippen LogP contribution in [-0.4, -0.2) is 23.0 Å². The van der Waals surface area contributed by atoms with Gasteiger partial charge in [-0.15, -0.1) is 0 Å². The fraction of sp³-hybridized carbons (Fsp3) is 0.100. The van der Waals surface area contributed by atoms with Crippen molar-refractivity contribution in [1.82, 2.24) is 5.32 Å². The lowest BCUT2D eigenvalue weighted by molar-refractivity contribution is -0.128. The molecule has 0 unspecified atom stereocenters. The van der Waals surface area contributed by atoms with Crippen molar-refractivity contribution < 1.29 is 19.5 Å². The molecule has 1 saturated heterocycles. The average molecular weight is 220 g/mol. The summed E-state index contributed by atoms with van der Waals surface area (Å²) in [7, 11) is 0. The number of barbiturate groups is 1. The molecule has 1 aliphatic rings. The summed E-state index contributed by atoms with van der Waals surface area (Å²) in [6, 6.07) is 4.88. The molecule has 2 N–H and O–H groups in total. The molecule has 16 heavy (non-hydrogen) atoms. The van der Waals surface area contributed by atoms with Crippen LogP contribution >= 0.6 is 0 Å². The first-order valence-corrected chi connectivity index (χ1v) is 4.54. The van der Waals surface area contributed by atoms with Gasteiger partial charge in [-0.25, -0.2) is 9.69 Å². The van der Waals surface area contributed by atoms with E-state index in [2.05, 4.69) is 0 Å². The molecule has 1 aliphatic heterocycles. The highest BCUT2D eigenvalue weighted by Gasteiger charge is 2.31. The third kappa shape index (κ3) is 1.72. The molecule has 6 heteroatoms. The van der Waals surface area contributed by atoms with Gasteiger partial charge < -0.3 is 5.11 Å². The number of rotatable bonds is 1. The number of hydrogen-bond acceptors (Lipinski definition) is 4. The van der Waals surface area contributed by atoms with Crippen molar-refractivity contribution in [2.24, 2.45) is 0 Å². The summed E-state index contributed by atoms with van der Waals surface area (Å²) in [4.78, 5) is 34.6. The number of hydrogen-bond donors (Lipinski definition) is 2. The third-order valence-electron chi connectivity index (χ3n) is 2.10. The molecule has 1 aromatic carbocycles. The predicted molar refractivity (Wildman–Crippen MR) is 53.7 cm³/mol. The second kappa shape index (κ2) is 3.65. The van der Waals surface area contributed by atoms with Crippen molar-refractivity contribution >= 4 is 23.5 Å². The van der Waals surface area contributed by atoms with Crippen LogP contribution in [0.2, 0.25) is 0 Å². The van der Waals surface area contributed by atoms with Crippen LogP contribution in [0.5, 0.6) is 5.75 Å². The molecule has 1 heterocycles. The Morgan fingerprint density at radius 3 is 2.62 bits per heavy atom. The lowest BCUT2D eigenvalue weighted by atomic mass is 10.2. The molecule has 0 atom stereocenters. The molecule has 4 amide bonds. The number of imide groups is 2. The minimum Gasteiger partial charge on any atom is -0.508 e. The maximum Gasteiger partial charge on any atom is 0.335 e. The number of benzene rings is 1. The topological polar surface area (TPSA) is 86.7 Å². The molecular weight excluding hydrogens is 212 g/mol. The SMILES string of the molecule is O=C1CC(=O)N(c2cccc(O)c2)C(=O)N1. The highest BCUT2D eigenvalue weighted by molar-refractivity contribution is 6.26. The van der Waals surface area contributed by atoms with Crippen LogP contribution < -0.4 is 10.2 Å². The van der Waals surface area contributed by atoms with E-state index in [1.165, 1.54) is 24.3 Å². The average Bonchev–Trinajstić information content (AvgIpc) is 2.15. The van der Waals surface area contributed by atoms with Gasteiger partial charge in [-0.1, -0.05) is 6.07 Å². The largest absolute Gasteiger partial charge is 0.508 e. The van der Waals surface area contributed by atoms with Crippen LogP contribution in [0.3, 0.4) is 0 Å². The molecule has 0 radical (unpaired) electrons. The molecule has 2 rings (SSSR count). The van der Waals surface area contributed by atoms with Gasteiger partial charge >= 0.3 is 6.03 Å². The Morgan fingerprint density at radius 2 is 2.00 bits per heavy atom. The van der Waals surface area contributed by atoms with E-state index in [1.807, 2.05) is 5.32 Å². The molecule has 6 nitrogen and oxygen atoms in total. The monoisotopic (exact) mass is 220 g/mol. The number of amides is 4. The number of phenols is 1. The Balaban J connectivity index is 2.36. The molecule has 0 aliphatic carbocycles. The number of phenolic OH excluding ortho intramolecular Hbond substituents is 1. The van der Waals surface area contributed by atoms with E-state index in [-0.39, 0.29) is 17.9 Å². The lowest BCUT2D eigenvalue weighted by Crippen LogP contribution is -2.52. The van der Waals surface area contributed by atoms with Crippen molar-refractivity contribution in [3.8, 4) is 5.75 Å². The highest BCUT2D eigenvalue weighted by atomic mass is 16.3. The molecule has 0 saturated carbocycles. The van der Waals surface area contributed by atoms with Gasteiger partial charge in [0, 0.05) is 6.07 Å². The summed E-state index contributed by atoms with van der Waals surface area (Å²) in [5, 5.41) is 11.3. The Kier molecular flexibility index (Phi) is 2.32. The first-order valence-electron chi connectivity index (χ1n) is 4.54. The molecular formula is C10H8N2O4. The highest BCUT2D eigenvalue weighted by Crippen LogP contribution is 2.22. The van der Waals surface area contributed by atoms with Gasteiger partial charge in [0.2, 0.25) is 11.8 Å². The van der Waals surface area contributed by atoms with E-state index in [9.17, 15) is 19.5 Å². The van der Waals surface area contributed by atoms with Crippen LogP contribution in [0.15, 0.2) is 24.3 Å². The molecule has 82 valence electrons. The van der Waals surface area contributed by atoms with Crippen LogP contribution in [-0.2, 0) is 9.59 Å². The van der Waals surface area contributed by atoms with Gasteiger partial charge in [0.25, 0.3) is 0 Å². The molecule has 0 spiro atoms.